The van der Waals surface area contributed by atoms with E-state index in [2.05, 4.69) is 28.3 Å². The predicted octanol–water partition coefficient (Wildman–Crippen LogP) is 2.86. The molecule has 0 radical (unpaired) electrons. The monoisotopic (exact) mass is 257 g/mol. The number of nitrogens with one attached hydrogen (secondary N) is 1. The molecule has 2 aromatic rings. The van der Waals surface area contributed by atoms with E-state index in [9.17, 15) is 0 Å². The summed E-state index contributed by atoms with van der Waals surface area (Å²) in [6.45, 7) is 4.97. The van der Waals surface area contributed by atoms with Crippen molar-refractivity contribution in [2.45, 2.75) is 19.8 Å². The van der Waals surface area contributed by atoms with Crippen LogP contribution in [-0.2, 0) is 4.74 Å². The van der Waals surface area contributed by atoms with Gasteiger partial charge in [-0.2, -0.15) is 0 Å². The van der Waals surface area contributed by atoms with E-state index in [1.54, 1.807) is 6.33 Å². The fourth-order valence-electron chi connectivity index (χ4n) is 2.48. The maximum Gasteiger partial charge on any atom is 0.137 e. The zero-order valence-electron chi connectivity index (χ0n) is 11.2. The van der Waals surface area contributed by atoms with Crippen molar-refractivity contribution in [1.82, 2.24) is 9.97 Å². The van der Waals surface area contributed by atoms with Crippen LogP contribution in [0.25, 0.3) is 10.9 Å². The van der Waals surface area contributed by atoms with Crippen LogP contribution in [0.4, 0.5) is 5.82 Å². The molecule has 1 N–H and O–H groups in total. The van der Waals surface area contributed by atoms with E-state index in [4.69, 9.17) is 4.74 Å². The highest BCUT2D eigenvalue weighted by Crippen LogP contribution is 2.30. The molecule has 0 amide bonds. The van der Waals surface area contributed by atoms with Crippen molar-refractivity contribution in [3.63, 3.8) is 0 Å². The highest BCUT2D eigenvalue weighted by molar-refractivity contribution is 5.88. The van der Waals surface area contributed by atoms with Crippen molar-refractivity contribution in [3.05, 3.63) is 30.6 Å². The molecule has 19 heavy (non-hydrogen) atoms. The molecule has 1 aliphatic heterocycles. The van der Waals surface area contributed by atoms with Crippen LogP contribution in [0.1, 0.15) is 19.8 Å². The van der Waals surface area contributed by atoms with Crippen molar-refractivity contribution in [2.75, 3.05) is 25.1 Å². The second kappa shape index (κ2) is 5.13. The number of anilines is 1. The lowest BCUT2D eigenvalue weighted by atomic mass is 9.82. The van der Waals surface area contributed by atoms with Gasteiger partial charge in [0.05, 0.1) is 5.52 Å². The molecule has 1 aromatic heterocycles. The quantitative estimate of drug-likeness (QED) is 0.918. The van der Waals surface area contributed by atoms with Crippen LogP contribution >= 0.6 is 0 Å². The number of rotatable bonds is 3. The van der Waals surface area contributed by atoms with Gasteiger partial charge in [-0.3, -0.25) is 0 Å². The highest BCUT2D eigenvalue weighted by atomic mass is 16.5. The normalized spacial score (nSPS) is 18.4. The number of fused-ring (bicyclic) bond motifs is 1. The van der Waals surface area contributed by atoms with Gasteiger partial charge in [-0.25, -0.2) is 9.97 Å². The van der Waals surface area contributed by atoms with Crippen molar-refractivity contribution >= 4 is 16.7 Å². The molecule has 0 aliphatic carbocycles. The Hall–Kier alpha value is -1.68. The highest BCUT2D eigenvalue weighted by Gasteiger charge is 2.27. The summed E-state index contributed by atoms with van der Waals surface area (Å²) < 4.78 is 5.43. The lowest BCUT2D eigenvalue weighted by Crippen LogP contribution is -2.33. The number of hydrogen-bond acceptors (Lipinski definition) is 4. The summed E-state index contributed by atoms with van der Waals surface area (Å²) in [4.78, 5) is 8.65. The standard InChI is InChI=1S/C15H19N3O/c1-15(6-8-19-9-7-15)10-16-14-12-4-2-3-5-13(12)17-11-18-14/h2-5,11H,6-10H2,1H3,(H,16,17,18). The Bertz CT molecular complexity index is 559. The zero-order valence-corrected chi connectivity index (χ0v) is 11.2. The molecular weight excluding hydrogens is 238 g/mol. The maximum absolute atomic E-state index is 5.43. The van der Waals surface area contributed by atoms with E-state index in [1.165, 1.54) is 0 Å². The number of benzene rings is 1. The third-order valence-electron chi connectivity index (χ3n) is 3.93. The fourth-order valence-corrected chi connectivity index (χ4v) is 2.48. The second-order valence-corrected chi connectivity index (χ2v) is 5.52. The maximum atomic E-state index is 5.43. The molecule has 1 aromatic carbocycles. The van der Waals surface area contributed by atoms with Gasteiger partial charge in [0, 0.05) is 25.1 Å². The lowest BCUT2D eigenvalue weighted by Gasteiger charge is -2.33. The molecule has 2 heterocycles. The minimum absolute atomic E-state index is 0.296. The number of ether oxygens (including phenoxy) is 1. The average molecular weight is 257 g/mol. The average Bonchev–Trinajstić information content (AvgIpc) is 2.46. The molecule has 0 unspecified atom stereocenters. The Kier molecular flexibility index (Phi) is 3.34. The molecule has 100 valence electrons. The first-order valence-corrected chi connectivity index (χ1v) is 6.78. The van der Waals surface area contributed by atoms with Crippen molar-refractivity contribution in [1.29, 1.82) is 0 Å². The number of para-hydroxylation sites is 1. The van der Waals surface area contributed by atoms with E-state index in [-0.39, 0.29) is 0 Å². The van der Waals surface area contributed by atoms with Gasteiger partial charge in [0.25, 0.3) is 0 Å². The molecule has 0 spiro atoms. The first-order chi connectivity index (χ1) is 9.27. The van der Waals surface area contributed by atoms with Crippen LogP contribution in [-0.4, -0.2) is 29.7 Å². The minimum atomic E-state index is 0.296. The van der Waals surface area contributed by atoms with Gasteiger partial charge >= 0.3 is 0 Å². The van der Waals surface area contributed by atoms with E-state index in [0.29, 0.717) is 5.41 Å². The van der Waals surface area contributed by atoms with Gasteiger partial charge in [0.2, 0.25) is 0 Å². The van der Waals surface area contributed by atoms with Gasteiger partial charge in [-0.05, 0) is 30.4 Å². The molecule has 1 aliphatic rings. The van der Waals surface area contributed by atoms with Gasteiger partial charge in [0.1, 0.15) is 12.1 Å². The van der Waals surface area contributed by atoms with E-state index in [1.807, 2.05) is 18.2 Å². The van der Waals surface area contributed by atoms with E-state index >= 15 is 0 Å². The lowest BCUT2D eigenvalue weighted by molar-refractivity contribution is 0.0300. The third-order valence-corrected chi connectivity index (χ3v) is 3.93. The van der Waals surface area contributed by atoms with Gasteiger partial charge in [-0.15, -0.1) is 0 Å². The summed E-state index contributed by atoms with van der Waals surface area (Å²) in [6.07, 6.45) is 3.82. The summed E-state index contributed by atoms with van der Waals surface area (Å²) in [7, 11) is 0. The Balaban J connectivity index is 1.78. The Morgan fingerprint density at radius 2 is 2.00 bits per heavy atom. The zero-order chi connectivity index (χ0) is 13.1. The Labute approximate surface area is 113 Å². The van der Waals surface area contributed by atoms with Crippen LogP contribution in [0.3, 0.4) is 0 Å². The van der Waals surface area contributed by atoms with Gasteiger partial charge < -0.3 is 10.1 Å². The van der Waals surface area contributed by atoms with Gasteiger partial charge in [0.15, 0.2) is 0 Å². The molecule has 0 atom stereocenters. The molecule has 3 rings (SSSR count). The summed E-state index contributed by atoms with van der Waals surface area (Å²) >= 11 is 0. The summed E-state index contributed by atoms with van der Waals surface area (Å²) in [5.41, 5.74) is 1.28. The smallest absolute Gasteiger partial charge is 0.137 e. The minimum Gasteiger partial charge on any atom is -0.381 e. The Morgan fingerprint density at radius 1 is 1.21 bits per heavy atom. The van der Waals surface area contributed by atoms with Crippen LogP contribution in [0, 0.1) is 5.41 Å². The number of aromatic nitrogens is 2. The Morgan fingerprint density at radius 3 is 2.84 bits per heavy atom. The van der Waals surface area contributed by atoms with Crippen LogP contribution in [0.2, 0.25) is 0 Å². The molecule has 1 fully saturated rings. The largest absolute Gasteiger partial charge is 0.381 e. The summed E-state index contributed by atoms with van der Waals surface area (Å²) in [5, 5.41) is 4.58. The molecule has 4 heteroatoms. The molecule has 4 nitrogen and oxygen atoms in total. The molecule has 0 saturated carbocycles. The molecule has 1 saturated heterocycles. The topological polar surface area (TPSA) is 47.0 Å². The molecular formula is C15H19N3O. The SMILES string of the molecule is CC1(CNc2ncnc3ccccc23)CCOCC1. The van der Waals surface area contributed by atoms with E-state index < -0.39 is 0 Å². The summed E-state index contributed by atoms with van der Waals surface area (Å²) in [6, 6.07) is 8.09. The van der Waals surface area contributed by atoms with Crippen LogP contribution < -0.4 is 5.32 Å². The van der Waals surface area contributed by atoms with Gasteiger partial charge in [-0.1, -0.05) is 19.1 Å². The van der Waals surface area contributed by atoms with E-state index in [0.717, 1.165) is 49.3 Å². The van der Waals surface area contributed by atoms with Crippen LogP contribution in [0.5, 0.6) is 0 Å². The van der Waals surface area contributed by atoms with Crippen molar-refractivity contribution in [2.24, 2.45) is 5.41 Å². The number of nitrogens with zero attached hydrogens (tertiary/aromatic N) is 2. The third kappa shape index (κ3) is 2.68. The van der Waals surface area contributed by atoms with Crippen molar-refractivity contribution in [3.8, 4) is 0 Å². The summed E-state index contributed by atoms with van der Waals surface area (Å²) in [5.74, 6) is 0.929. The number of hydrogen-bond donors (Lipinski definition) is 1. The fraction of sp³-hybridized carbons (Fsp3) is 0.467. The van der Waals surface area contributed by atoms with Crippen LogP contribution in [0.15, 0.2) is 30.6 Å². The first-order valence-electron chi connectivity index (χ1n) is 6.78. The first kappa shape index (κ1) is 12.4. The second-order valence-electron chi connectivity index (χ2n) is 5.52. The molecule has 0 bridgehead atoms. The van der Waals surface area contributed by atoms with Crippen molar-refractivity contribution < 1.29 is 4.74 Å². The predicted molar refractivity (Wildman–Crippen MR) is 76.2 cm³/mol.